The Hall–Kier alpha value is -1.69. The molecule has 16 heavy (non-hydrogen) atoms. The van der Waals surface area contributed by atoms with Crippen molar-refractivity contribution in [3.8, 4) is 22.2 Å². The summed E-state index contributed by atoms with van der Waals surface area (Å²) in [5.74, 6) is -1.70. The summed E-state index contributed by atoms with van der Waals surface area (Å²) in [6.45, 7) is 0. The number of benzene rings is 1. The molecule has 1 aromatic heterocycles. The second-order valence-electron chi connectivity index (χ2n) is 2.98. The number of hydrogen-bond donors (Lipinski definition) is 1. The Morgan fingerprint density at radius 3 is 2.62 bits per heavy atom. The summed E-state index contributed by atoms with van der Waals surface area (Å²) in [7, 11) is 1.26. The average Bonchev–Trinajstić information content (AvgIpc) is 2.67. The summed E-state index contributed by atoms with van der Waals surface area (Å²) < 4.78 is 31.5. The number of aromatic hydroxyl groups is 1. The van der Waals surface area contributed by atoms with Crippen molar-refractivity contribution in [1.29, 1.82) is 0 Å². The molecule has 84 valence electrons. The molecule has 3 nitrogen and oxygen atoms in total. The third-order valence-electron chi connectivity index (χ3n) is 1.96. The van der Waals surface area contributed by atoms with Gasteiger partial charge in [-0.1, -0.05) is 0 Å². The largest absolute Gasteiger partial charge is 0.494 e. The fraction of sp³-hybridized carbons (Fsp3) is 0.100. The Kier molecular flexibility index (Phi) is 2.74. The Balaban J connectivity index is 2.54. The molecule has 0 saturated heterocycles. The van der Waals surface area contributed by atoms with Crippen LogP contribution in [0.2, 0.25) is 0 Å². The molecule has 0 fully saturated rings. The molecule has 0 bridgehead atoms. The van der Waals surface area contributed by atoms with Crippen LogP contribution < -0.4 is 4.74 Å². The predicted molar refractivity (Wildman–Crippen MR) is 55.7 cm³/mol. The first-order valence-electron chi connectivity index (χ1n) is 4.29. The Labute approximate surface area is 94.0 Å². The molecule has 6 heteroatoms. The van der Waals surface area contributed by atoms with Gasteiger partial charge in [-0.05, 0) is 6.07 Å². The van der Waals surface area contributed by atoms with E-state index in [0.717, 1.165) is 23.5 Å². The minimum atomic E-state index is -0.673. The third kappa shape index (κ3) is 1.83. The molecule has 0 amide bonds. The lowest BCUT2D eigenvalue weighted by Crippen LogP contribution is -1.92. The summed E-state index contributed by atoms with van der Waals surface area (Å²) in [5.41, 5.74) is 0.00333. The lowest BCUT2D eigenvalue weighted by Gasteiger charge is -2.04. The van der Waals surface area contributed by atoms with Gasteiger partial charge in [0.25, 0.3) is 0 Å². The minimum Gasteiger partial charge on any atom is -0.494 e. The standard InChI is InChI=1S/C10H7F2NO2S/c1-15-8-3-6(11)5(2-7(8)12)10-13-9(14)4-16-10/h2-4,14H,1H3. The topological polar surface area (TPSA) is 42.4 Å². The van der Waals surface area contributed by atoms with E-state index in [1.165, 1.54) is 12.5 Å². The van der Waals surface area contributed by atoms with Crippen molar-refractivity contribution >= 4 is 11.3 Å². The third-order valence-corrected chi connectivity index (χ3v) is 2.83. The Morgan fingerprint density at radius 1 is 1.31 bits per heavy atom. The number of thiazole rings is 1. The first-order valence-corrected chi connectivity index (χ1v) is 5.17. The van der Waals surface area contributed by atoms with Gasteiger partial charge in [-0.15, -0.1) is 11.3 Å². The van der Waals surface area contributed by atoms with E-state index in [2.05, 4.69) is 9.72 Å². The number of methoxy groups -OCH3 is 1. The maximum atomic E-state index is 13.6. The van der Waals surface area contributed by atoms with Crippen molar-refractivity contribution in [2.24, 2.45) is 0 Å². The fourth-order valence-corrected chi connectivity index (χ4v) is 1.94. The molecule has 0 radical (unpaired) electrons. The van der Waals surface area contributed by atoms with Crippen LogP contribution in [0.15, 0.2) is 17.5 Å². The Morgan fingerprint density at radius 2 is 2.06 bits per heavy atom. The van der Waals surface area contributed by atoms with Gasteiger partial charge in [0.2, 0.25) is 5.88 Å². The van der Waals surface area contributed by atoms with Crippen LogP contribution >= 0.6 is 11.3 Å². The molecule has 0 saturated carbocycles. The van der Waals surface area contributed by atoms with Crippen LogP contribution in [0.25, 0.3) is 10.6 Å². The molecular weight excluding hydrogens is 236 g/mol. The molecular formula is C10H7F2NO2S. The number of hydrogen-bond acceptors (Lipinski definition) is 4. The summed E-state index contributed by atoms with van der Waals surface area (Å²) in [6, 6.07) is 1.94. The van der Waals surface area contributed by atoms with Gasteiger partial charge in [-0.25, -0.2) is 13.8 Å². The van der Waals surface area contributed by atoms with Gasteiger partial charge in [-0.3, -0.25) is 0 Å². The predicted octanol–water partition coefficient (Wildman–Crippen LogP) is 2.80. The summed E-state index contributed by atoms with van der Waals surface area (Å²) in [4.78, 5) is 3.66. The highest BCUT2D eigenvalue weighted by molar-refractivity contribution is 7.13. The van der Waals surface area contributed by atoms with E-state index in [0.29, 0.717) is 0 Å². The molecule has 1 aromatic carbocycles. The molecule has 1 heterocycles. The van der Waals surface area contributed by atoms with Gasteiger partial charge in [0.1, 0.15) is 10.8 Å². The molecule has 2 aromatic rings. The number of rotatable bonds is 2. The highest BCUT2D eigenvalue weighted by atomic mass is 32.1. The highest BCUT2D eigenvalue weighted by Gasteiger charge is 2.14. The highest BCUT2D eigenvalue weighted by Crippen LogP contribution is 2.32. The van der Waals surface area contributed by atoms with Crippen LogP contribution in [-0.4, -0.2) is 17.2 Å². The van der Waals surface area contributed by atoms with E-state index in [4.69, 9.17) is 5.11 Å². The van der Waals surface area contributed by atoms with Gasteiger partial charge in [0.15, 0.2) is 11.6 Å². The van der Waals surface area contributed by atoms with Crippen molar-refractivity contribution in [2.75, 3.05) is 7.11 Å². The molecule has 0 unspecified atom stereocenters. The zero-order valence-electron chi connectivity index (χ0n) is 8.20. The van der Waals surface area contributed by atoms with Crippen molar-refractivity contribution in [3.63, 3.8) is 0 Å². The maximum absolute atomic E-state index is 13.6. The van der Waals surface area contributed by atoms with Crippen LogP contribution in [0.1, 0.15) is 0 Å². The van der Waals surface area contributed by atoms with Crippen LogP contribution in [0.4, 0.5) is 8.78 Å². The van der Waals surface area contributed by atoms with Crippen LogP contribution in [0, 0.1) is 11.6 Å². The van der Waals surface area contributed by atoms with Crippen LogP contribution in [0.3, 0.4) is 0 Å². The average molecular weight is 243 g/mol. The van der Waals surface area contributed by atoms with Crippen LogP contribution in [-0.2, 0) is 0 Å². The summed E-state index contributed by atoms with van der Waals surface area (Å²) >= 11 is 1.03. The SMILES string of the molecule is COc1cc(F)c(-c2nc(O)cs2)cc1F. The van der Waals surface area contributed by atoms with Crippen LogP contribution in [0.5, 0.6) is 11.6 Å². The van der Waals surface area contributed by atoms with E-state index in [1.807, 2.05) is 0 Å². The van der Waals surface area contributed by atoms with Gasteiger partial charge in [0.05, 0.1) is 12.5 Å². The second-order valence-corrected chi connectivity index (χ2v) is 3.84. The number of ether oxygens (including phenoxy) is 1. The minimum absolute atomic E-state index is 0.00333. The summed E-state index contributed by atoms with van der Waals surface area (Å²) in [5, 5.41) is 10.6. The van der Waals surface area contributed by atoms with Gasteiger partial charge in [0, 0.05) is 11.6 Å². The molecule has 0 aliphatic rings. The van der Waals surface area contributed by atoms with E-state index in [9.17, 15) is 8.78 Å². The van der Waals surface area contributed by atoms with Crippen molar-refractivity contribution < 1.29 is 18.6 Å². The number of halogens is 2. The van der Waals surface area contributed by atoms with Gasteiger partial charge >= 0.3 is 0 Å². The molecule has 0 aliphatic heterocycles. The summed E-state index contributed by atoms with van der Waals surface area (Å²) in [6.07, 6.45) is 0. The fourth-order valence-electron chi connectivity index (χ4n) is 1.24. The quantitative estimate of drug-likeness (QED) is 0.881. The second kappa shape index (κ2) is 4.05. The van der Waals surface area contributed by atoms with E-state index in [-0.39, 0.29) is 22.2 Å². The van der Waals surface area contributed by atoms with Crippen molar-refractivity contribution in [2.45, 2.75) is 0 Å². The maximum Gasteiger partial charge on any atom is 0.222 e. The lowest BCUT2D eigenvalue weighted by atomic mass is 10.2. The molecule has 0 aliphatic carbocycles. The zero-order chi connectivity index (χ0) is 11.7. The molecule has 0 atom stereocenters. The monoisotopic (exact) mass is 243 g/mol. The Bertz CT molecular complexity index is 528. The van der Waals surface area contributed by atoms with Crippen molar-refractivity contribution in [1.82, 2.24) is 4.98 Å². The molecule has 0 spiro atoms. The smallest absolute Gasteiger partial charge is 0.222 e. The van der Waals surface area contributed by atoms with E-state index in [1.54, 1.807) is 0 Å². The van der Waals surface area contributed by atoms with Gasteiger partial charge in [-0.2, -0.15) is 0 Å². The number of nitrogens with zero attached hydrogens (tertiary/aromatic N) is 1. The van der Waals surface area contributed by atoms with E-state index < -0.39 is 11.6 Å². The molecule has 2 rings (SSSR count). The van der Waals surface area contributed by atoms with Gasteiger partial charge < -0.3 is 9.84 Å². The normalized spacial score (nSPS) is 10.4. The lowest BCUT2D eigenvalue weighted by molar-refractivity contribution is 0.383. The number of aromatic nitrogens is 1. The van der Waals surface area contributed by atoms with E-state index >= 15 is 0 Å². The first-order chi connectivity index (χ1) is 7.61. The zero-order valence-corrected chi connectivity index (χ0v) is 9.02. The molecule has 1 N–H and O–H groups in total. The van der Waals surface area contributed by atoms with Crippen molar-refractivity contribution in [3.05, 3.63) is 29.1 Å². The first kappa shape index (κ1) is 10.8.